The second-order valence-corrected chi connectivity index (χ2v) is 7.99. The Morgan fingerprint density at radius 2 is 1.55 bits per heavy atom. The molecule has 0 atom stereocenters. The summed E-state index contributed by atoms with van der Waals surface area (Å²) in [5.41, 5.74) is 6.18. The van der Waals surface area contributed by atoms with E-state index in [0.717, 1.165) is 33.9 Å². The number of nitrogens with one attached hydrogen (secondary N) is 1. The first-order valence-electron chi connectivity index (χ1n) is 9.18. The van der Waals surface area contributed by atoms with Crippen LogP contribution in [0.2, 0.25) is 5.02 Å². The van der Waals surface area contributed by atoms with E-state index in [9.17, 15) is 0 Å². The lowest BCUT2D eigenvalue weighted by atomic mass is 10.0. The Morgan fingerprint density at radius 3 is 2.31 bits per heavy atom. The summed E-state index contributed by atoms with van der Waals surface area (Å²) in [5, 5.41) is 2.80. The normalized spacial score (nSPS) is 10.9. The number of hydrogen-bond donors (Lipinski definition) is 1. The Morgan fingerprint density at radius 1 is 0.759 bits per heavy atom. The van der Waals surface area contributed by atoms with Gasteiger partial charge >= 0.3 is 0 Å². The van der Waals surface area contributed by atoms with Gasteiger partial charge in [-0.1, -0.05) is 35.9 Å². The Balaban J connectivity index is 1.67. The van der Waals surface area contributed by atoms with Crippen LogP contribution in [-0.4, -0.2) is 15.0 Å². The van der Waals surface area contributed by atoms with E-state index >= 15 is 0 Å². The van der Waals surface area contributed by atoms with E-state index in [0.29, 0.717) is 5.02 Å². The van der Waals surface area contributed by atoms with Gasteiger partial charge in [-0.3, -0.25) is 4.98 Å². The van der Waals surface area contributed by atoms with Crippen molar-refractivity contribution in [3.63, 3.8) is 0 Å². The van der Waals surface area contributed by atoms with Crippen LogP contribution in [-0.2, 0) is 0 Å². The molecular weight excluding hydrogens is 398 g/mol. The molecule has 0 radical (unpaired) electrons. The quantitative estimate of drug-likeness (QED) is 0.338. The van der Waals surface area contributed by atoms with Crippen molar-refractivity contribution in [2.45, 2.75) is 0 Å². The molecule has 1 N–H and O–H groups in total. The maximum Gasteiger partial charge on any atom is 0.138 e. The number of benzene rings is 2. The summed E-state index contributed by atoms with van der Waals surface area (Å²) in [6, 6.07) is 24.4. The average Bonchev–Trinajstić information content (AvgIpc) is 3.46. The molecule has 3 heterocycles. The van der Waals surface area contributed by atoms with Crippen molar-refractivity contribution in [1.29, 1.82) is 0 Å². The zero-order chi connectivity index (χ0) is 19.6. The lowest BCUT2D eigenvalue weighted by Crippen LogP contribution is -1.85. The van der Waals surface area contributed by atoms with Gasteiger partial charge in [0.15, 0.2) is 0 Å². The predicted octanol–water partition coefficient (Wildman–Crippen LogP) is 7.19. The Labute approximate surface area is 177 Å². The van der Waals surface area contributed by atoms with Gasteiger partial charge in [-0.15, -0.1) is 11.3 Å². The summed E-state index contributed by atoms with van der Waals surface area (Å²) in [7, 11) is 0. The van der Waals surface area contributed by atoms with Crippen molar-refractivity contribution in [3.05, 3.63) is 95.6 Å². The molecule has 0 unspecified atom stereocenters. The first-order chi connectivity index (χ1) is 14.3. The van der Waals surface area contributed by atoms with Crippen molar-refractivity contribution in [1.82, 2.24) is 15.0 Å². The highest BCUT2D eigenvalue weighted by Crippen LogP contribution is 2.35. The van der Waals surface area contributed by atoms with E-state index in [4.69, 9.17) is 16.6 Å². The van der Waals surface area contributed by atoms with Gasteiger partial charge in [0, 0.05) is 39.0 Å². The van der Waals surface area contributed by atoms with Crippen molar-refractivity contribution >= 4 is 22.9 Å². The van der Waals surface area contributed by atoms with Crippen molar-refractivity contribution in [3.8, 4) is 44.3 Å². The van der Waals surface area contributed by atoms with Gasteiger partial charge in [-0.25, -0.2) is 4.98 Å². The average molecular weight is 414 g/mol. The molecule has 140 valence electrons. The topological polar surface area (TPSA) is 41.6 Å². The fraction of sp³-hybridized carbons (Fsp3) is 0. The summed E-state index contributed by atoms with van der Waals surface area (Å²) in [6.07, 6.45) is 3.59. The molecule has 5 rings (SSSR count). The highest BCUT2D eigenvalue weighted by atomic mass is 35.5. The molecule has 0 saturated heterocycles. The maximum atomic E-state index is 6.06. The van der Waals surface area contributed by atoms with Gasteiger partial charge in [0.1, 0.15) is 5.82 Å². The molecule has 0 fully saturated rings. The fourth-order valence-corrected chi connectivity index (χ4v) is 4.17. The third-order valence-corrected chi connectivity index (χ3v) is 5.90. The number of halogens is 1. The number of hydrogen-bond acceptors (Lipinski definition) is 3. The van der Waals surface area contributed by atoms with Crippen LogP contribution >= 0.6 is 22.9 Å². The SMILES string of the molecule is Clc1ccc(-c2nc(-c3cccc(-c4cccs4)c3)c(-c3ccncc3)[nH]2)cc1. The largest absolute Gasteiger partial charge is 0.337 e. The lowest BCUT2D eigenvalue weighted by Gasteiger charge is -2.05. The number of aromatic amines is 1. The Hall–Kier alpha value is -3.21. The van der Waals surface area contributed by atoms with E-state index in [-0.39, 0.29) is 0 Å². The van der Waals surface area contributed by atoms with Crippen LogP contribution in [0.15, 0.2) is 90.6 Å². The van der Waals surface area contributed by atoms with Crippen LogP contribution in [0.5, 0.6) is 0 Å². The van der Waals surface area contributed by atoms with Crippen molar-refractivity contribution < 1.29 is 0 Å². The minimum atomic E-state index is 0.707. The summed E-state index contributed by atoms with van der Waals surface area (Å²) in [6.45, 7) is 0. The van der Waals surface area contributed by atoms with Gasteiger partial charge in [0.05, 0.1) is 11.4 Å². The molecule has 2 aromatic carbocycles. The molecule has 0 aliphatic rings. The number of H-pyrrole nitrogens is 1. The van der Waals surface area contributed by atoms with Crippen LogP contribution < -0.4 is 0 Å². The molecule has 29 heavy (non-hydrogen) atoms. The molecule has 0 aliphatic heterocycles. The smallest absolute Gasteiger partial charge is 0.138 e. The first kappa shape index (κ1) is 17.9. The van der Waals surface area contributed by atoms with Gasteiger partial charge < -0.3 is 4.98 Å². The molecule has 3 aromatic heterocycles. The Kier molecular flexibility index (Phi) is 4.72. The third-order valence-electron chi connectivity index (χ3n) is 4.73. The van der Waals surface area contributed by atoms with Crippen molar-refractivity contribution in [2.24, 2.45) is 0 Å². The molecular formula is C24H16ClN3S. The summed E-state index contributed by atoms with van der Waals surface area (Å²) in [4.78, 5) is 13.9. The minimum absolute atomic E-state index is 0.707. The van der Waals surface area contributed by atoms with Gasteiger partial charge in [0.2, 0.25) is 0 Å². The molecule has 5 heteroatoms. The molecule has 0 aliphatic carbocycles. The van der Waals surface area contributed by atoms with Crippen LogP contribution in [0.25, 0.3) is 44.3 Å². The van der Waals surface area contributed by atoms with Gasteiger partial charge in [-0.05, 0) is 59.5 Å². The molecule has 0 amide bonds. The summed E-state index contributed by atoms with van der Waals surface area (Å²) >= 11 is 7.79. The number of pyridine rings is 1. The second kappa shape index (κ2) is 7.66. The van der Waals surface area contributed by atoms with E-state index < -0.39 is 0 Å². The maximum absolute atomic E-state index is 6.06. The molecule has 5 aromatic rings. The molecule has 0 spiro atoms. The van der Waals surface area contributed by atoms with E-state index in [1.54, 1.807) is 23.7 Å². The number of nitrogens with zero attached hydrogens (tertiary/aromatic N) is 2. The van der Waals surface area contributed by atoms with E-state index in [1.807, 2.05) is 36.4 Å². The summed E-state index contributed by atoms with van der Waals surface area (Å²) in [5.74, 6) is 0.810. The fourth-order valence-electron chi connectivity index (χ4n) is 3.32. The molecule has 3 nitrogen and oxygen atoms in total. The standard InChI is InChI=1S/C24H16ClN3S/c25-20-8-6-17(7-9-20)24-27-22(16-10-12-26-13-11-16)23(28-24)19-4-1-3-18(15-19)21-5-2-14-29-21/h1-15H,(H,27,28). The highest BCUT2D eigenvalue weighted by Gasteiger charge is 2.16. The van der Waals surface area contributed by atoms with Crippen LogP contribution in [0.4, 0.5) is 0 Å². The number of aromatic nitrogens is 3. The number of thiophene rings is 1. The highest BCUT2D eigenvalue weighted by molar-refractivity contribution is 7.13. The minimum Gasteiger partial charge on any atom is -0.337 e. The third kappa shape index (κ3) is 3.60. The van der Waals surface area contributed by atoms with Crippen LogP contribution in [0, 0.1) is 0 Å². The number of rotatable bonds is 4. The van der Waals surface area contributed by atoms with Gasteiger partial charge in [0.25, 0.3) is 0 Å². The zero-order valence-electron chi connectivity index (χ0n) is 15.3. The van der Waals surface area contributed by atoms with E-state index in [2.05, 4.69) is 51.7 Å². The van der Waals surface area contributed by atoms with Crippen LogP contribution in [0.3, 0.4) is 0 Å². The van der Waals surface area contributed by atoms with E-state index in [1.165, 1.54) is 10.4 Å². The molecule has 0 bridgehead atoms. The predicted molar refractivity (Wildman–Crippen MR) is 121 cm³/mol. The first-order valence-corrected chi connectivity index (χ1v) is 10.4. The van der Waals surface area contributed by atoms with Crippen LogP contribution in [0.1, 0.15) is 0 Å². The van der Waals surface area contributed by atoms with Crippen molar-refractivity contribution in [2.75, 3.05) is 0 Å². The number of imidazole rings is 1. The second-order valence-electron chi connectivity index (χ2n) is 6.61. The molecule has 0 saturated carbocycles. The zero-order valence-corrected chi connectivity index (χ0v) is 16.9. The lowest BCUT2D eigenvalue weighted by molar-refractivity contribution is 1.30. The van der Waals surface area contributed by atoms with Gasteiger partial charge in [-0.2, -0.15) is 0 Å². The summed E-state index contributed by atoms with van der Waals surface area (Å²) < 4.78 is 0. The monoisotopic (exact) mass is 413 g/mol. The Bertz CT molecular complexity index is 1240.